The van der Waals surface area contributed by atoms with Crippen molar-refractivity contribution < 1.29 is 14.5 Å². The molecule has 0 aliphatic carbocycles. The van der Waals surface area contributed by atoms with Crippen LogP contribution in [0, 0.1) is 10.1 Å². The van der Waals surface area contributed by atoms with E-state index in [4.69, 9.17) is 4.74 Å². The molecule has 2 aliphatic heterocycles. The Hall–Kier alpha value is -3.41. The smallest absolute Gasteiger partial charge is 0.270 e. The number of non-ortho nitro benzene ring substituents is 1. The number of hydrogen-bond acceptors (Lipinski definition) is 5. The largest absolute Gasteiger partial charge is 0.463 e. The molecular weight excluding hydrogens is 356 g/mol. The summed E-state index contributed by atoms with van der Waals surface area (Å²) >= 11 is 0. The lowest BCUT2D eigenvalue weighted by Gasteiger charge is -2.45. The summed E-state index contributed by atoms with van der Waals surface area (Å²) in [7, 11) is 1.98. The fourth-order valence-electron chi connectivity index (χ4n) is 4.19. The van der Waals surface area contributed by atoms with Gasteiger partial charge in [-0.2, -0.15) is 0 Å². The van der Waals surface area contributed by atoms with Crippen molar-refractivity contribution in [2.75, 3.05) is 11.9 Å². The zero-order valence-corrected chi connectivity index (χ0v) is 15.9. The number of likely N-dealkylation sites (N-methyl/N-ethyl adjacent to an activating group) is 1. The Labute approximate surface area is 162 Å². The first kappa shape index (κ1) is 18.0. The third-order valence-corrected chi connectivity index (χ3v) is 5.77. The van der Waals surface area contributed by atoms with Crippen molar-refractivity contribution in [3.05, 3.63) is 75.4 Å². The Bertz CT molecular complexity index is 1050. The Balaban J connectivity index is 1.80. The van der Waals surface area contributed by atoms with Gasteiger partial charge in [-0.3, -0.25) is 14.9 Å². The first-order valence-electron chi connectivity index (χ1n) is 8.97. The second-order valence-electron chi connectivity index (χ2n) is 7.57. The molecule has 0 aromatic heterocycles. The number of ether oxygens (including phenoxy) is 1. The molecular formula is C22H20N2O4. The topological polar surface area (TPSA) is 72.7 Å². The van der Waals surface area contributed by atoms with Gasteiger partial charge in [0.15, 0.2) is 0 Å². The molecule has 1 unspecified atom stereocenters. The first-order valence-corrected chi connectivity index (χ1v) is 8.97. The van der Waals surface area contributed by atoms with E-state index in [0.29, 0.717) is 11.3 Å². The van der Waals surface area contributed by atoms with Gasteiger partial charge >= 0.3 is 0 Å². The number of nitrogens with zero attached hydrogens (tertiary/aromatic N) is 2. The number of allylic oxidation sites excluding steroid dienone is 1. The molecule has 2 heterocycles. The SMILES string of the molecule is CN1c2ccc(/C=C\C=O)cc2C(C)(C)C12C=Cc1cc([N+](=O)[O-])ccc1O2. The summed E-state index contributed by atoms with van der Waals surface area (Å²) in [6, 6.07) is 10.7. The summed E-state index contributed by atoms with van der Waals surface area (Å²) in [6.07, 6.45) is 7.88. The maximum absolute atomic E-state index is 11.1. The van der Waals surface area contributed by atoms with Crippen LogP contribution in [0.4, 0.5) is 11.4 Å². The fraction of sp³-hybridized carbons (Fsp3) is 0.227. The monoisotopic (exact) mass is 376 g/mol. The highest BCUT2D eigenvalue weighted by molar-refractivity contribution is 5.77. The summed E-state index contributed by atoms with van der Waals surface area (Å²) in [4.78, 5) is 23.4. The summed E-state index contributed by atoms with van der Waals surface area (Å²) in [6.45, 7) is 4.23. The summed E-state index contributed by atoms with van der Waals surface area (Å²) < 4.78 is 6.49. The van der Waals surface area contributed by atoms with Crippen molar-refractivity contribution in [2.24, 2.45) is 0 Å². The second-order valence-corrected chi connectivity index (χ2v) is 7.57. The normalized spacial score (nSPS) is 21.5. The van der Waals surface area contributed by atoms with Gasteiger partial charge in [-0.15, -0.1) is 0 Å². The summed E-state index contributed by atoms with van der Waals surface area (Å²) in [5.41, 5.74) is 2.66. The van der Waals surface area contributed by atoms with Crippen LogP contribution in [0.2, 0.25) is 0 Å². The van der Waals surface area contributed by atoms with E-state index < -0.39 is 16.1 Å². The molecule has 0 fully saturated rings. The Morgan fingerprint density at radius 3 is 2.68 bits per heavy atom. The van der Waals surface area contributed by atoms with Gasteiger partial charge in [0.1, 0.15) is 12.0 Å². The molecule has 0 saturated heterocycles. The number of benzene rings is 2. The minimum atomic E-state index is -0.758. The van der Waals surface area contributed by atoms with Gasteiger partial charge in [0.2, 0.25) is 5.72 Å². The molecule has 4 rings (SSSR count). The zero-order chi connectivity index (χ0) is 20.1. The molecule has 6 nitrogen and oxygen atoms in total. The van der Waals surface area contributed by atoms with Gasteiger partial charge in [0.25, 0.3) is 5.69 Å². The van der Waals surface area contributed by atoms with E-state index in [1.54, 1.807) is 12.1 Å². The lowest BCUT2D eigenvalue weighted by molar-refractivity contribution is -0.384. The highest BCUT2D eigenvalue weighted by Crippen LogP contribution is 2.54. The number of aldehydes is 1. The Morgan fingerprint density at radius 2 is 1.96 bits per heavy atom. The Morgan fingerprint density at radius 1 is 1.18 bits per heavy atom. The van der Waals surface area contributed by atoms with E-state index >= 15 is 0 Å². The molecule has 6 heteroatoms. The standard InChI is InChI=1S/C22H20N2O4/c1-21(2)18-13-15(5-4-12-25)6-8-19(18)23(3)22(21)11-10-16-14-17(24(26)27)7-9-20(16)28-22/h4-14H,1-3H3/b5-4-. The summed E-state index contributed by atoms with van der Waals surface area (Å²) in [5, 5.41) is 11.1. The fourth-order valence-corrected chi connectivity index (χ4v) is 4.19. The van der Waals surface area contributed by atoms with E-state index in [2.05, 4.69) is 24.8 Å². The molecule has 0 bridgehead atoms. The van der Waals surface area contributed by atoms with Crippen LogP contribution in [-0.4, -0.2) is 24.0 Å². The van der Waals surface area contributed by atoms with E-state index in [0.717, 1.165) is 23.1 Å². The van der Waals surface area contributed by atoms with Gasteiger partial charge < -0.3 is 9.64 Å². The number of nitro groups is 1. The predicted octanol–water partition coefficient (Wildman–Crippen LogP) is 4.34. The molecule has 2 aliphatic rings. The van der Waals surface area contributed by atoms with Gasteiger partial charge in [-0.05, 0) is 61.4 Å². The number of hydrogen-bond donors (Lipinski definition) is 0. The molecule has 1 spiro atoms. The van der Waals surface area contributed by atoms with Crippen molar-refractivity contribution >= 4 is 29.8 Å². The van der Waals surface area contributed by atoms with Crippen molar-refractivity contribution in [3.63, 3.8) is 0 Å². The van der Waals surface area contributed by atoms with Crippen molar-refractivity contribution in [1.29, 1.82) is 0 Å². The minimum Gasteiger partial charge on any atom is -0.463 e. The van der Waals surface area contributed by atoms with E-state index in [1.807, 2.05) is 31.3 Å². The number of rotatable bonds is 3. The van der Waals surface area contributed by atoms with Crippen LogP contribution in [0.1, 0.15) is 30.5 Å². The summed E-state index contributed by atoms with van der Waals surface area (Å²) in [5.74, 6) is 0.613. The zero-order valence-electron chi connectivity index (χ0n) is 15.9. The number of nitro benzene ring substituents is 1. The van der Waals surface area contributed by atoms with E-state index in [1.165, 1.54) is 18.2 Å². The average Bonchev–Trinajstić information content (AvgIpc) is 2.84. The van der Waals surface area contributed by atoms with Crippen LogP contribution in [-0.2, 0) is 10.2 Å². The third kappa shape index (κ3) is 2.37. The van der Waals surface area contributed by atoms with Crippen LogP contribution in [0.5, 0.6) is 5.75 Å². The van der Waals surface area contributed by atoms with E-state index in [-0.39, 0.29) is 5.69 Å². The lowest BCUT2D eigenvalue weighted by atomic mass is 9.76. The maximum atomic E-state index is 11.1. The number of carbonyl (C=O) groups excluding carboxylic acids is 1. The molecule has 0 amide bonds. The highest BCUT2D eigenvalue weighted by Gasteiger charge is 2.57. The molecule has 0 saturated carbocycles. The lowest BCUT2D eigenvalue weighted by Crippen LogP contribution is -2.58. The van der Waals surface area contributed by atoms with Gasteiger partial charge in [-0.25, -0.2) is 0 Å². The molecule has 0 radical (unpaired) electrons. The van der Waals surface area contributed by atoms with Crippen LogP contribution < -0.4 is 9.64 Å². The molecule has 1 atom stereocenters. The average molecular weight is 376 g/mol. The van der Waals surface area contributed by atoms with Gasteiger partial charge in [0.05, 0.1) is 10.3 Å². The van der Waals surface area contributed by atoms with Crippen LogP contribution in [0.25, 0.3) is 12.2 Å². The van der Waals surface area contributed by atoms with Crippen molar-refractivity contribution in [1.82, 2.24) is 0 Å². The molecule has 2 aromatic carbocycles. The molecule has 2 aromatic rings. The van der Waals surface area contributed by atoms with Crippen LogP contribution >= 0.6 is 0 Å². The minimum absolute atomic E-state index is 0.0388. The van der Waals surface area contributed by atoms with Crippen LogP contribution in [0.3, 0.4) is 0 Å². The number of carbonyl (C=O) groups is 1. The molecule has 28 heavy (non-hydrogen) atoms. The quantitative estimate of drug-likeness (QED) is 0.345. The number of fused-ring (bicyclic) bond motifs is 2. The first-order chi connectivity index (χ1) is 13.3. The van der Waals surface area contributed by atoms with Crippen molar-refractivity contribution in [2.45, 2.75) is 25.0 Å². The second kappa shape index (κ2) is 6.05. The number of anilines is 1. The van der Waals surface area contributed by atoms with Crippen molar-refractivity contribution in [3.8, 4) is 5.75 Å². The van der Waals surface area contributed by atoms with Gasteiger partial charge in [-0.1, -0.05) is 12.1 Å². The third-order valence-electron chi connectivity index (χ3n) is 5.77. The van der Waals surface area contributed by atoms with E-state index in [9.17, 15) is 14.9 Å². The highest BCUT2D eigenvalue weighted by atomic mass is 16.6. The predicted molar refractivity (Wildman–Crippen MR) is 108 cm³/mol. The van der Waals surface area contributed by atoms with Gasteiger partial charge in [0, 0.05) is 30.4 Å². The Kier molecular flexibility index (Phi) is 3.89. The molecule has 0 N–H and O–H groups in total. The molecule has 142 valence electrons. The van der Waals surface area contributed by atoms with Crippen LogP contribution in [0.15, 0.2) is 48.6 Å². The maximum Gasteiger partial charge on any atom is 0.270 e.